The zero-order chi connectivity index (χ0) is 13.8. The maximum atomic E-state index is 11.7. The number of nitrogens with zero attached hydrogens (tertiary/aromatic N) is 1. The molecule has 5 nitrogen and oxygen atoms in total. The zero-order valence-electron chi connectivity index (χ0n) is 11.0. The maximum absolute atomic E-state index is 11.7. The standard InChI is InChI=1S/C13H17NO4/c1-5-17-12(16)10-7-6-9(8-14-10)11(15)18-13(2,3)4/h6-8H,5H2,1-4H3. The molecule has 0 amide bonds. The van der Waals surface area contributed by atoms with Crippen LogP contribution in [0.4, 0.5) is 0 Å². The molecule has 0 atom stereocenters. The van der Waals surface area contributed by atoms with E-state index in [1.165, 1.54) is 18.3 Å². The van der Waals surface area contributed by atoms with Crippen molar-refractivity contribution < 1.29 is 19.1 Å². The lowest BCUT2D eigenvalue weighted by atomic mass is 10.2. The lowest BCUT2D eigenvalue weighted by molar-refractivity contribution is 0.00684. The van der Waals surface area contributed by atoms with Crippen LogP contribution in [0.1, 0.15) is 48.5 Å². The first-order valence-electron chi connectivity index (χ1n) is 5.70. The van der Waals surface area contributed by atoms with Gasteiger partial charge in [-0.05, 0) is 39.8 Å². The number of hydrogen-bond donors (Lipinski definition) is 0. The van der Waals surface area contributed by atoms with E-state index in [-0.39, 0.29) is 12.3 Å². The Kier molecular flexibility index (Phi) is 4.42. The first kappa shape index (κ1) is 14.2. The Bertz CT molecular complexity index is 431. The van der Waals surface area contributed by atoms with Crippen molar-refractivity contribution in [2.24, 2.45) is 0 Å². The molecule has 0 N–H and O–H groups in total. The van der Waals surface area contributed by atoms with Crippen LogP contribution in [-0.4, -0.2) is 29.1 Å². The van der Waals surface area contributed by atoms with Crippen LogP contribution in [0.15, 0.2) is 18.3 Å². The normalized spacial score (nSPS) is 10.9. The number of aromatic nitrogens is 1. The van der Waals surface area contributed by atoms with Crippen molar-refractivity contribution in [3.05, 3.63) is 29.6 Å². The van der Waals surface area contributed by atoms with Gasteiger partial charge in [0.05, 0.1) is 12.2 Å². The summed E-state index contributed by atoms with van der Waals surface area (Å²) < 4.78 is 9.97. The molecule has 0 saturated carbocycles. The number of pyridine rings is 1. The predicted octanol–water partition coefficient (Wildman–Crippen LogP) is 2.21. The van der Waals surface area contributed by atoms with E-state index in [2.05, 4.69) is 4.98 Å². The third kappa shape index (κ3) is 4.16. The van der Waals surface area contributed by atoms with Crippen molar-refractivity contribution in [1.29, 1.82) is 0 Å². The van der Waals surface area contributed by atoms with Crippen LogP contribution in [0.3, 0.4) is 0 Å². The summed E-state index contributed by atoms with van der Waals surface area (Å²) in [6.07, 6.45) is 1.31. The molecule has 0 bridgehead atoms. The van der Waals surface area contributed by atoms with Crippen LogP contribution in [-0.2, 0) is 9.47 Å². The smallest absolute Gasteiger partial charge is 0.356 e. The van der Waals surface area contributed by atoms with Crippen molar-refractivity contribution in [3.8, 4) is 0 Å². The van der Waals surface area contributed by atoms with Gasteiger partial charge in [0.25, 0.3) is 0 Å². The summed E-state index contributed by atoms with van der Waals surface area (Å²) in [6, 6.07) is 2.94. The molecular formula is C13H17NO4. The fourth-order valence-corrected chi connectivity index (χ4v) is 1.18. The molecule has 0 saturated heterocycles. The molecule has 5 heteroatoms. The van der Waals surface area contributed by atoms with E-state index in [0.717, 1.165) is 0 Å². The number of carbonyl (C=O) groups is 2. The molecule has 0 unspecified atom stereocenters. The molecule has 1 rings (SSSR count). The second-order valence-electron chi connectivity index (χ2n) is 4.65. The van der Waals surface area contributed by atoms with Crippen molar-refractivity contribution in [1.82, 2.24) is 4.98 Å². The highest BCUT2D eigenvalue weighted by molar-refractivity contribution is 5.91. The van der Waals surface area contributed by atoms with Gasteiger partial charge < -0.3 is 9.47 Å². The minimum absolute atomic E-state index is 0.171. The monoisotopic (exact) mass is 251 g/mol. The van der Waals surface area contributed by atoms with Crippen molar-refractivity contribution in [2.75, 3.05) is 6.61 Å². The number of esters is 2. The average Bonchev–Trinajstić information content (AvgIpc) is 2.27. The Morgan fingerprint density at radius 1 is 1.22 bits per heavy atom. The van der Waals surface area contributed by atoms with Crippen LogP contribution < -0.4 is 0 Å². The minimum atomic E-state index is -0.559. The molecule has 0 fully saturated rings. The molecular weight excluding hydrogens is 234 g/mol. The van der Waals surface area contributed by atoms with Gasteiger partial charge in [-0.15, -0.1) is 0 Å². The highest BCUT2D eigenvalue weighted by Gasteiger charge is 2.18. The number of ether oxygens (including phenoxy) is 2. The summed E-state index contributed by atoms with van der Waals surface area (Å²) in [5, 5.41) is 0. The van der Waals surface area contributed by atoms with Gasteiger partial charge in [0.2, 0.25) is 0 Å². The lowest BCUT2D eigenvalue weighted by Crippen LogP contribution is -2.24. The van der Waals surface area contributed by atoms with Gasteiger partial charge in [0.1, 0.15) is 11.3 Å². The third-order valence-corrected chi connectivity index (χ3v) is 1.88. The summed E-state index contributed by atoms with van der Waals surface area (Å²) >= 11 is 0. The molecule has 0 radical (unpaired) electrons. The summed E-state index contributed by atoms with van der Waals surface area (Å²) in [4.78, 5) is 26.9. The zero-order valence-corrected chi connectivity index (χ0v) is 11.0. The van der Waals surface area contributed by atoms with Gasteiger partial charge in [-0.2, -0.15) is 0 Å². The quantitative estimate of drug-likeness (QED) is 0.770. The number of rotatable bonds is 3. The third-order valence-electron chi connectivity index (χ3n) is 1.88. The van der Waals surface area contributed by atoms with Crippen LogP contribution in [0.5, 0.6) is 0 Å². The van der Waals surface area contributed by atoms with Gasteiger partial charge in [-0.25, -0.2) is 14.6 Å². The summed E-state index contributed by atoms with van der Waals surface area (Å²) in [5.74, 6) is -0.973. The molecule has 1 aromatic rings. The average molecular weight is 251 g/mol. The van der Waals surface area contributed by atoms with E-state index >= 15 is 0 Å². The summed E-state index contributed by atoms with van der Waals surface area (Å²) in [5.41, 5.74) is -0.0844. The molecule has 18 heavy (non-hydrogen) atoms. The second kappa shape index (κ2) is 5.62. The Morgan fingerprint density at radius 2 is 1.89 bits per heavy atom. The van der Waals surface area contributed by atoms with Gasteiger partial charge >= 0.3 is 11.9 Å². The molecule has 0 aromatic carbocycles. The maximum Gasteiger partial charge on any atom is 0.356 e. The summed E-state index contributed by atoms with van der Waals surface area (Å²) in [7, 11) is 0. The van der Waals surface area contributed by atoms with Crippen molar-refractivity contribution in [3.63, 3.8) is 0 Å². The molecule has 1 heterocycles. The summed E-state index contributed by atoms with van der Waals surface area (Å²) in [6.45, 7) is 7.35. The molecule has 0 aliphatic rings. The Hall–Kier alpha value is -1.91. The van der Waals surface area contributed by atoms with E-state index in [9.17, 15) is 9.59 Å². The molecule has 0 spiro atoms. The Labute approximate surface area is 106 Å². The van der Waals surface area contributed by atoms with Crippen molar-refractivity contribution >= 4 is 11.9 Å². The van der Waals surface area contributed by atoms with Crippen molar-refractivity contribution in [2.45, 2.75) is 33.3 Å². The van der Waals surface area contributed by atoms with E-state index in [0.29, 0.717) is 5.56 Å². The topological polar surface area (TPSA) is 65.5 Å². The van der Waals surface area contributed by atoms with Crippen LogP contribution in [0.25, 0.3) is 0 Å². The van der Waals surface area contributed by atoms with Gasteiger partial charge in [0.15, 0.2) is 0 Å². The fourth-order valence-electron chi connectivity index (χ4n) is 1.18. The first-order valence-corrected chi connectivity index (χ1v) is 5.70. The van der Waals surface area contributed by atoms with E-state index in [1.807, 2.05) is 0 Å². The molecule has 0 aliphatic carbocycles. The van der Waals surface area contributed by atoms with Crippen LogP contribution in [0, 0.1) is 0 Å². The number of carbonyl (C=O) groups excluding carboxylic acids is 2. The Balaban J connectivity index is 2.77. The SMILES string of the molecule is CCOC(=O)c1ccc(C(=O)OC(C)(C)C)cn1. The predicted molar refractivity (Wildman–Crippen MR) is 65.4 cm³/mol. The molecule has 1 aromatic heterocycles. The highest BCUT2D eigenvalue weighted by Crippen LogP contribution is 2.11. The fraction of sp³-hybridized carbons (Fsp3) is 0.462. The van der Waals surface area contributed by atoms with Crippen LogP contribution >= 0.6 is 0 Å². The highest BCUT2D eigenvalue weighted by atomic mass is 16.6. The van der Waals surface area contributed by atoms with Gasteiger partial charge in [-0.3, -0.25) is 0 Å². The molecule has 0 aliphatic heterocycles. The second-order valence-corrected chi connectivity index (χ2v) is 4.65. The van der Waals surface area contributed by atoms with Gasteiger partial charge in [0, 0.05) is 6.20 Å². The van der Waals surface area contributed by atoms with Crippen LogP contribution in [0.2, 0.25) is 0 Å². The van der Waals surface area contributed by atoms with E-state index in [1.54, 1.807) is 27.7 Å². The van der Waals surface area contributed by atoms with E-state index < -0.39 is 17.5 Å². The van der Waals surface area contributed by atoms with Gasteiger partial charge in [-0.1, -0.05) is 0 Å². The Morgan fingerprint density at radius 3 is 2.33 bits per heavy atom. The lowest BCUT2D eigenvalue weighted by Gasteiger charge is -2.19. The largest absolute Gasteiger partial charge is 0.461 e. The molecule has 98 valence electrons. The van der Waals surface area contributed by atoms with E-state index in [4.69, 9.17) is 9.47 Å². The number of hydrogen-bond acceptors (Lipinski definition) is 5. The minimum Gasteiger partial charge on any atom is -0.461 e. The first-order chi connectivity index (χ1) is 8.33.